The number of hydrogen-bond acceptors (Lipinski definition) is 7. The Morgan fingerprint density at radius 3 is 2.76 bits per heavy atom. The van der Waals surface area contributed by atoms with Crippen LogP contribution in [-0.4, -0.2) is 30.2 Å². The predicted octanol–water partition coefficient (Wildman–Crippen LogP) is 3.38. The van der Waals surface area contributed by atoms with Gasteiger partial charge in [-0.15, -0.1) is 0 Å². The second-order valence-corrected chi connectivity index (χ2v) is 5.25. The number of ether oxygens (including phenoxy) is 4. The number of rotatable bonds is 8. The lowest BCUT2D eigenvalue weighted by molar-refractivity contribution is -0.135. The number of carbonyl (C=O) groups is 1. The van der Waals surface area contributed by atoms with Crippen molar-refractivity contribution in [3.63, 3.8) is 0 Å². The lowest BCUT2D eigenvalue weighted by atomic mass is 10.2. The third-order valence-corrected chi connectivity index (χ3v) is 3.70. The Balaban J connectivity index is 2.19. The molecular formula is C17H17BrN2O5. The van der Waals surface area contributed by atoms with E-state index in [0.29, 0.717) is 28.4 Å². The SMILES string of the molecule is COC(=O)/C=C/OCc1c(OC)ncnc1Oc1cccc(CBr)c1. The molecule has 132 valence electrons. The average molecular weight is 409 g/mol. The number of methoxy groups -OCH3 is 2. The first kappa shape index (κ1) is 18.7. The van der Waals surface area contributed by atoms with Crippen LogP contribution in [0.4, 0.5) is 0 Å². The van der Waals surface area contributed by atoms with Crippen LogP contribution in [0.25, 0.3) is 0 Å². The monoisotopic (exact) mass is 408 g/mol. The number of hydrogen-bond donors (Lipinski definition) is 0. The van der Waals surface area contributed by atoms with E-state index in [1.165, 1.54) is 26.8 Å². The molecule has 0 saturated carbocycles. The molecule has 7 nitrogen and oxygen atoms in total. The minimum Gasteiger partial charge on any atom is -0.496 e. The van der Waals surface area contributed by atoms with Crippen LogP contribution in [0.5, 0.6) is 17.5 Å². The molecule has 2 aromatic rings. The second kappa shape index (κ2) is 9.63. The van der Waals surface area contributed by atoms with Crippen molar-refractivity contribution in [3.8, 4) is 17.5 Å². The fraction of sp³-hybridized carbons (Fsp3) is 0.235. The number of halogens is 1. The third kappa shape index (κ3) is 5.46. The molecule has 1 aromatic heterocycles. The summed E-state index contributed by atoms with van der Waals surface area (Å²) in [5, 5.41) is 0.714. The predicted molar refractivity (Wildman–Crippen MR) is 93.7 cm³/mol. The molecule has 8 heteroatoms. The quantitative estimate of drug-likeness (QED) is 0.286. The molecule has 0 amide bonds. The van der Waals surface area contributed by atoms with E-state index in [0.717, 1.165) is 11.6 Å². The number of aromatic nitrogens is 2. The molecule has 0 fully saturated rings. The molecule has 0 aliphatic heterocycles. The van der Waals surface area contributed by atoms with E-state index >= 15 is 0 Å². The fourth-order valence-corrected chi connectivity index (χ4v) is 2.22. The standard InChI is InChI=1S/C17H17BrN2O5/c1-22-15(21)6-7-24-10-14-16(23-2)19-11-20-17(14)25-13-5-3-4-12(8-13)9-18/h3-8,11H,9-10H2,1-2H3/b7-6+. The van der Waals surface area contributed by atoms with Crippen molar-refractivity contribution < 1.29 is 23.7 Å². The molecule has 0 unspecified atom stereocenters. The first-order valence-electron chi connectivity index (χ1n) is 7.24. The molecule has 1 heterocycles. The lowest BCUT2D eigenvalue weighted by Crippen LogP contribution is -2.02. The molecule has 0 N–H and O–H groups in total. The Bertz CT molecular complexity index is 752. The highest BCUT2D eigenvalue weighted by Gasteiger charge is 2.15. The molecule has 0 saturated heterocycles. The van der Waals surface area contributed by atoms with Crippen LogP contribution in [0.15, 0.2) is 42.9 Å². The maximum atomic E-state index is 11.0. The third-order valence-electron chi connectivity index (χ3n) is 3.06. The first-order valence-corrected chi connectivity index (χ1v) is 8.36. The van der Waals surface area contributed by atoms with Gasteiger partial charge in [0, 0.05) is 5.33 Å². The normalized spacial score (nSPS) is 10.5. The zero-order valence-electron chi connectivity index (χ0n) is 13.8. The molecule has 0 bridgehead atoms. The molecule has 2 rings (SSSR count). The lowest BCUT2D eigenvalue weighted by Gasteiger charge is -2.12. The number of carbonyl (C=O) groups excluding carboxylic acids is 1. The Morgan fingerprint density at radius 2 is 2.04 bits per heavy atom. The van der Waals surface area contributed by atoms with Crippen LogP contribution in [0.1, 0.15) is 11.1 Å². The highest BCUT2D eigenvalue weighted by molar-refractivity contribution is 9.08. The van der Waals surface area contributed by atoms with Gasteiger partial charge in [0.1, 0.15) is 24.2 Å². The Morgan fingerprint density at radius 1 is 1.24 bits per heavy atom. The fourth-order valence-electron chi connectivity index (χ4n) is 1.88. The first-order chi connectivity index (χ1) is 12.2. The highest BCUT2D eigenvalue weighted by atomic mass is 79.9. The van der Waals surface area contributed by atoms with Crippen LogP contribution >= 0.6 is 15.9 Å². The molecule has 25 heavy (non-hydrogen) atoms. The van der Waals surface area contributed by atoms with Crippen molar-refractivity contribution in [2.75, 3.05) is 14.2 Å². The van der Waals surface area contributed by atoms with Crippen LogP contribution < -0.4 is 9.47 Å². The zero-order valence-corrected chi connectivity index (χ0v) is 15.4. The molecule has 1 aromatic carbocycles. The Kier molecular flexibility index (Phi) is 7.21. The smallest absolute Gasteiger partial charge is 0.333 e. The van der Waals surface area contributed by atoms with Gasteiger partial charge in [0.25, 0.3) is 0 Å². The van der Waals surface area contributed by atoms with E-state index in [1.807, 2.05) is 24.3 Å². The molecule has 0 spiro atoms. The summed E-state index contributed by atoms with van der Waals surface area (Å²) in [6.07, 6.45) is 3.74. The summed E-state index contributed by atoms with van der Waals surface area (Å²) >= 11 is 3.41. The van der Waals surface area contributed by atoms with Crippen molar-refractivity contribution in [3.05, 3.63) is 54.1 Å². The van der Waals surface area contributed by atoms with Gasteiger partial charge in [-0.25, -0.2) is 14.8 Å². The zero-order chi connectivity index (χ0) is 18.1. The van der Waals surface area contributed by atoms with Gasteiger partial charge in [-0.2, -0.15) is 0 Å². The number of alkyl halides is 1. The topological polar surface area (TPSA) is 79.8 Å². The van der Waals surface area contributed by atoms with Crippen molar-refractivity contribution in [1.29, 1.82) is 0 Å². The summed E-state index contributed by atoms with van der Waals surface area (Å²) in [7, 11) is 2.78. The second-order valence-electron chi connectivity index (χ2n) is 4.69. The van der Waals surface area contributed by atoms with Crippen LogP contribution in [0.3, 0.4) is 0 Å². The summed E-state index contributed by atoms with van der Waals surface area (Å²) in [6.45, 7) is 0.0605. The Hall–Kier alpha value is -2.61. The largest absolute Gasteiger partial charge is 0.496 e. The van der Waals surface area contributed by atoms with Gasteiger partial charge >= 0.3 is 5.97 Å². The van der Waals surface area contributed by atoms with Crippen LogP contribution in [-0.2, 0) is 26.2 Å². The Labute approximate surface area is 153 Å². The van der Waals surface area contributed by atoms with Crippen molar-refractivity contribution in [1.82, 2.24) is 9.97 Å². The molecule has 0 aliphatic rings. The van der Waals surface area contributed by atoms with E-state index in [4.69, 9.17) is 14.2 Å². The number of esters is 1. The molecule has 0 aliphatic carbocycles. The number of benzene rings is 1. The van der Waals surface area contributed by atoms with Crippen molar-refractivity contribution in [2.24, 2.45) is 0 Å². The van der Waals surface area contributed by atoms with E-state index in [9.17, 15) is 4.79 Å². The van der Waals surface area contributed by atoms with Crippen LogP contribution in [0.2, 0.25) is 0 Å². The van der Waals surface area contributed by atoms with Crippen molar-refractivity contribution >= 4 is 21.9 Å². The van der Waals surface area contributed by atoms with E-state index in [-0.39, 0.29) is 6.61 Å². The van der Waals surface area contributed by atoms with E-state index in [1.54, 1.807) is 0 Å². The van der Waals surface area contributed by atoms with Crippen LogP contribution in [0, 0.1) is 0 Å². The summed E-state index contributed by atoms with van der Waals surface area (Å²) in [5.41, 5.74) is 1.58. The maximum Gasteiger partial charge on any atom is 0.333 e. The van der Waals surface area contributed by atoms with Gasteiger partial charge in [-0.05, 0) is 17.7 Å². The van der Waals surface area contributed by atoms with Gasteiger partial charge in [0.15, 0.2) is 0 Å². The minimum atomic E-state index is -0.515. The summed E-state index contributed by atoms with van der Waals surface area (Å²) in [4.78, 5) is 19.2. The van der Waals surface area contributed by atoms with Gasteiger partial charge in [-0.1, -0.05) is 28.1 Å². The van der Waals surface area contributed by atoms with Crippen molar-refractivity contribution in [2.45, 2.75) is 11.9 Å². The van der Waals surface area contributed by atoms with Gasteiger partial charge in [0.2, 0.25) is 11.8 Å². The average Bonchev–Trinajstić information content (AvgIpc) is 2.65. The summed E-state index contributed by atoms with van der Waals surface area (Å²) < 4.78 is 20.9. The maximum absolute atomic E-state index is 11.0. The van der Waals surface area contributed by atoms with Gasteiger partial charge in [-0.3, -0.25) is 0 Å². The van der Waals surface area contributed by atoms with E-state index < -0.39 is 5.97 Å². The molecule has 0 radical (unpaired) electrons. The van der Waals surface area contributed by atoms with E-state index in [2.05, 4.69) is 30.6 Å². The van der Waals surface area contributed by atoms with Gasteiger partial charge in [0.05, 0.1) is 26.6 Å². The molecular weight excluding hydrogens is 392 g/mol. The van der Waals surface area contributed by atoms with Gasteiger partial charge < -0.3 is 18.9 Å². The number of nitrogens with zero attached hydrogens (tertiary/aromatic N) is 2. The molecule has 0 atom stereocenters. The summed E-state index contributed by atoms with van der Waals surface area (Å²) in [5.74, 6) is 0.751. The minimum absolute atomic E-state index is 0.0605. The highest BCUT2D eigenvalue weighted by Crippen LogP contribution is 2.29. The summed E-state index contributed by atoms with van der Waals surface area (Å²) in [6, 6.07) is 7.58.